The maximum atomic E-state index is 14.1. The van der Waals surface area contributed by atoms with Gasteiger partial charge in [0.05, 0.1) is 11.6 Å². The second-order valence-corrected chi connectivity index (χ2v) is 7.40. The molecule has 1 fully saturated rings. The normalized spacial score (nSPS) is 14.8. The van der Waals surface area contributed by atoms with Crippen LogP contribution in [0.25, 0.3) is 0 Å². The summed E-state index contributed by atoms with van der Waals surface area (Å²) in [6, 6.07) is 20.3. The quantitative estimate of drug-likeness (QED) is 0.339. The van der Waals surface area contributed by atoms with E-state index in [1.807, 2.05) is 60.7 Å². The van der Waals surface area contributed by atoms with Crippen molar-refractivity contribution in [3.05, 3.63) is 107 Å². The average molecular weight is 428 g/mol. The Morgan fingerprint density at radius 3 is 1.74 bits per heavy atom. The molecule has 7 heteroatoms. The zero-order chi connectivity index (χ0) is 22.0. The van der Waals surface area contributed by atoms with Gasteiger partial charge in [0.1, 0.15) is 0 Å². The number of benzene rings is 3. The molecule has 1 amide bonds. The first-order valence-corrected chi connectivity index (χ1v) is 9.93. The number of hydrogen-bond acceptors (Lipinski definition) is 2. The number of hydrogen-bond donors (Lipinski definition) is 0. The predicted molar refractivity (Wildman–Crippen MR) is 108 cm³/mol. The number of amides is 1. The molecule has 160 valence electrons. The maximum absolute atomic E-state index is 14.1. The molecule has 0 radical (unpaired) electrons. The van der Waals surface area contributed by atoms with Gasteiger partial charge in [-0.1, -0.05) is 60.7 Å². The van der Waals surface area contributed by atoms with Gasteiger partial charge in [0.2, 0.25) is 0 Å². The molecule has 3 nitrogen and oxygen atoms in total. The Balaban J connectivity index is 1.54. The fourth-order valence-corrected chi connectivity index (χ4v) is 3.97. The highest BCUT2D eigenvalue weighted by molar-refractivity contribution is 5.94. The highest BCUT2D eigenvalue weighted by Crippen LogP contribution is 2.30. The fraction of sp³-hybridized carbons (Fsp3) is 0.208. The number of carbonyl (C=O) groups is 1. The van der Waals surface area contributed by atoms with E-state index in [2.05, 4.69) is 4.90 Å². The number of rotatable bonds is 4. The Morgan fingerprint density at radius 2 is 1.23 bits per heavy atom. The first-order valence-electron chi connectivity index (χ1n) is 9.93. The molecule has 0 atom stereocenters. The lowest BCUT2D eigenvalue weighted by Gasteiger charge is -2.39. The van der Waals surface area contributed by atoms with Crippen LogP contribution in [0.2, 0.25) is 0 Å². The highest BCUT2D eigenvalue weighted by Gasteiger charge is 2.31. The molecular formula is C24H20F4N2O. The summed E-state index contributed by atoms with van der Waals surface area (Å²) in [5.74, 6) is -8.01. The van der Waals surface area contributed by atoms with Crippen molar-refractivity contribution in [2.75, 3.05) is 26.2 Å². The molecule has 0 N–H and O–H groups in total. The van der Waals surface area contributed by atoms with Gasteiger partial charge in [-0.25, -0.2) is 17.6 Å². The van der Waals surface area contributed by atoms with Crippen molar-refractivity contribution >= 4 is 5.91 Å². The Morgan fingerprint density at radius 1 is 0.710 bits per heavy atom. The van der Waals surface area contributed by atoms with Crippen LogP contribution < -0.4 is 0 Å². The van der Waals surface area contributed by atoms with Gasteiger partial charge in [-0.2, -0.15) is 0 Å². The lowest BCUT2D eigenvalue weighted by atomic mass is 9.96. The SMILES string of the molecule is O=C(c1cc(F)c(F)c(F)c1F)N1CCN(C(c2ccccc2)c2ccccc2)CC1. The van der Waals surface area contributed by atoms with Crippen LogP contribution >= 0.6 is 0 Å². The molecule has 1 saturated heterocycles. The van der Waals surface area contributed by atoms with Gasteiger partial charge in [-0.05, 0) is 17.2 Å². The van der Waals surface area contributed by atoms with Crippen molar-refractivity contribution in [3.8, 4) is 0 Å². The second kappa shape index (κ2) is 8.89. The van der Waals surface area contributed by atoms with Crippen LogP contribution in [-0.2, 0) is 0 Å². The topological polar surface area (TPSA) is 23.6 Å². The van der Waals surface area contributed by atoms with E-state index in [1.54, 1.807) is 0 Å². The summed E-state index contributed by atoms with van der Waals surface area (Å²) in [6.07, 6.45) is 0. The van der Waals surface area contributed by atoms with Gasteiger partial charge in [0.15, 0.2) is 23.3 Å². The molecule has 0 spiro atoms. The van der Waals surface area contributed by atoms with E-state index in [-0.39, 0.29) is 19.1 Å². The molecule has 0 bridgehead atoms. The highest BCUT2D eigenvalue weighted by atomic mass is 19.2. The Kier molecular flexibility index (Phi) is 6.04. The van der Waals surface area contributed by atoms with E-state index in [4.69, 9.17) is 0 Å². The minimum atomic E-state index is -1.98. The predicted octanol–water partition coefficient (Wildman–Crippen LogP) is 4.79. The maximum Gasteiger partial charge on any atom is 0.257 e. The summed E-state index contributed by atoms with van der Waals surface area (Å²) < 4.78 is 54.4. The third kappa shape index (κ3) is 4.18. The molecule has 3 aromatic rings. The Bertz CT molecular complexity index is 1030. The second-order valence-electron chi connectivity index (χ2n) is 7.40. The molecule has 1 aliphatic rings. The first-order chi connectivity index (χ1) is 15.0. The van der Waals surface area contributed by atoms with Crippen LogP contribution in [0.3, 0.4) is 0 Å². The smallest absolute Gasteiger partial charge is 0.257 e. The van der Waals surface area contributed by atoms with E-state index in [9.17, 15) is 22.4 Å². The van der Waals surface area contributed by atoms with Crippen molar-refractivity contribution < 1.29 is 22.4 Å². The average Bonchev–Trinajstić information content (AvgIpc) is 2.82. The largest absolute Gasteiger partial charge is 0.336 e. The monoisotopic (exact) mass is 428 g/mol. The molecule has 3 aromatic carbocycles. The number of halogens is 4. The van der Waals surface area contributed by atoms with E-state index < -0.39 is 34.7 Å². The standard InChI is InChI=1S/C24H20F4N2O/c25-19-15-18(20(26)22(28)21(19)27)24(31)30-13-11-29(12-14-30)23(16-7-3-1-4-8-16)17-9-5-2-6-10-17/h1-10,15,23H,11-14H2. The first kappa shape index (κ1) is 21.1. The lowest BCUT2D eigenvalue weighted by Crippen LogP contribution is -2.50. The summed E-state index contributed by atoms with van der Waals surface area (Å²) in [5.41, 5.74) is 1.40. The molecule has 0 saturated carbocycles. The van der Waals surface area contributed by atoms with Gasteiger partial charge in [-0.15, -0.1) is 0 Å². The molecule has 1 heterocycles. The Labute approximate surface area is 177 Å². The molecule has 0 unspecified atom stereocenters. The van der Waals surface area contributed by atoms with Crippen molar-refractivity contribution in [3.63, 3.8) is 0 Å². The van der Waals surface area contributed by atoms with E-state index >= 15 is 0 Å². The summed E-state index contributed by atoms with van der Waals surface area (Å²) in [5, 5.41) is 0. The van der Waals surface area contributed by atoms with Crippen LogP contribution in [0.5, 0.6) is 0 Å². The summed E-state index contributed by atoms with van der Waals surface area (Å²) in [6.45, 7) is 1.45. The molecule has 0 aliphatic carbocycles. The molecule has 0 aromatic heterocycles. The van der Waals surface area contributed by atoms with Crippen LogP contribution in [0.15, 0.2) is 66.7 Å². The van der Waals surface area contributed by atoms with Crippen molar-refractivity contribution in [1.82, 2.24) is 9.80 Å². The van der Waals surface area contributed by atoms with Gasteiger partial charge < -0.3 is 4.90 Å². The molecule has 31 heavy (non-hydrogen) atoms. The third-order valence-corrected chi connectivity index (χ3v) is 5.53. The van der Waals surface area contributed by atoms with Gasteiger partial charge in [-0.3, -0.25) is 9.69 Å². The van der Waals surface area contributed by atoms with Crippen molar-refractivity contribution in [2.24, 2.45) is 0 Å². The fourth-order valence-electron chi connectivity index (χ4n) is 3.97. The molecular weight excluding hydrogens is 408 g/mol. The summed E-state index contributed by atoms with van der Waals surface area (Å²) in [4.78, 5) is 16.2. The van der Waals surface area contributed by atoms with E-state index in [0.717, 1.165) is 11.1 Å². The number of nitrogens with zero attached hydrogens (tertiary/aromatic N) is 2. The minimum absolute atomic E-state index is 0.0305. The van der Waals surface area contributed by atoms with Gasteiger partial charge in [0.25, 0.3) is 5.91 Å². The van der Waals surface area contributed by atoms with Crippen molar-refractivity contribution in [2.45, 2.75) is 6.04 Å². The van der Waals surface area contributed by atoms with Crippen LogP contribution in [-0.4, -0.2) is 41.9 Å². The number of carbonyl (C=O) groups excluding carboxylic acids is 1. The number of piperazine rings is 1. The van der Waals surface area contributed by atoms with Crippen LogP contribution in [0.4, 0.5) is 17.6 Å². The van der Waals surface area contributed by atoms with E-state index in [0.29, 0.717) is 19.2 Å². The molecule has 1 aliphatic heterocycles. The zero-order valence-electron chi connectivity index (χ0n) is 16.6. The Hall–Kier alpha value is -3.19. The van der Waals surface area contributed by atoms with Crippen LogP contribution in [0.1, 0.15) is 27.5 Å². The minimum Gasteiger partial charge on any atom is -0.336 e. The van der Waals surface area contributed by atoms with Gasteiger partial charge >= 0.3 is 0 Å². The van der Waals surface area contributed by atoms with Crippen LogP contribution in [0, 0.1) is 23.3 Å². The summed E-state index contributed by atoms with van der Waals surface area (Å²) >= 11 is 0. The van der Waals surface area contributed by atoms with Gasteiger partial charge in [0, 0.05) is 26.2 Å². The van der Waals surface area contributed by atoms with E-state index in [1.165, 1.54) is 4.90 Å². The zero-order valence-corrected chi connectivity index (χ0v) is 16.6. The summed E-state index contributed by atoms with van der Waals surface area (Å²) in [7, 11) is 0. The lowest BCUT2D eigenvalue weighted by molar-refractivity contribution is 0.0591. The molecule has 4 rings (SSSR count). The third-order valence-electron chi connectivity index (χ3n) is 5.53. The van der Waals surface area contributed by atoms with Crippen molar-refractivity contribution in [1.29, 1.82) is 0 Å².